The molecule has 0 spiro atoms. The first-order chi connectivity index (χ1) is 8.19. The molecule has 0 amide bonds. The predicted molar refractivity (Wildman–Crippen MR) is 68.1 cm³/mol. The van der Waals surface area contributed by atoms with Crippen LogP contribution >= 0.6 is 11.8 Å². The van der Waals surface area contributed by atoms with E-state index in [1.54, 1.807) is 7.11 Å². The van der Waals surface area contributed by atoms with Gasteiger partial charge < -0.3 is 10.5 Å². The maximum Gasteiger partial charge on any atom is 0.216 e. The molecule has 0 fully saturated rings. The van der Waals surface area contributed by atoms with E-state index in [-0.39, 0.29) is 0 Å². The Labute approximate surface area is 104 Å². The third-order valence-electron chi connectivity index (χ3n) is 2.27. The van der Waals surface area contributed by atoms with Crippen LogP contribution in [0.2, 0.25) is 0 Å². The fourth-order valence-corrected chi connectivity index (χ4v) is 2.27. The lowest BCUT2D eigenvalue weighted by Gasteiger charge is -2.07. The monoisotopic (exact) mass is 250 g/mol. The Kier molecular flexibility index (Phi) is 3.53. The average molecular weight is 250 g/mol. The average Bonchev–Trinajstić information content (AvgIpc) is 2.73. The molecule has 1 aromatic heterocycles. The van der Waals surface area contributed by atoms with Gasteiger partial charge in [-0.15, -0.1) is 5.10 Å². The molecular formula is C11H14N4OS. The Morgan fingerprint density at radius 2 is 2.29 bits per heavy atom. The molecule has 6 heteroatoms. The van der Waals surface area contributed by atoms with Crippen molar-refractivity contribution in [2.45, 2.75) is 17.8 Å². The predicted octanol–water partition coefficient (Wildman–Crippen LogP) is 2.00. The van der Waals surface area contributed by atoms with Gasteiger partial charge in [0.1, 0.15) is 5.75 Å². The third kappa shape index (κ3) is 2.91. The van der Waals surface area contributed by atoms with E-state index in [2.05, 4.69) is 28.2 Å². The Morgan fingerprint density at radius 1 is 1.47 bits per heavy atom. The van der Waals surface area contributed by atoms with Crippen molar-refractivity contribution >= 4 is 17.7 Å². The SMILES string of the molecule is COc1ccc(C)cc1CSc1n[nH]c(N)n1. The van der Waals surface area contributed by atoms with Gasteiger partial charge in [0.05, 0.1) is 7.11 Å². The molecule has 0 bridgehead atoms. The smallest absolute Gasteiger partial charge is 0.216 e. The summed E-state index contributed by atoms with van der Waals surface area (Å²) in [6.07, 6.45) is 0. The number of thioether (sulfide) groups is 1. The molecule has 0 unspecified atom stereocenters. The van der Waals surface area contributed by atoms with E-state index < -0.39 is 0 Å². The number of nitrogens with two attached hydrogens (primary N) is 1. The zero-order valence-electron chi connectivity index (χ0n) is 9.73. The maximum atomic E-state index is 5.46. The van der Waals surface area contributed by atoms with Crippen LogP contribution in [0.5, 0.6) is 5.75 Å². The number of aromatic nitrogens is 3. The Balaban J connectivity index is 2.10. The lowest BCUT2D eigenvalue weighted by Crippen LogP contribution is -1.91. The van der Waals surface area contributed by atoms with Gasteiger partial charge in [-0.05, 0) is 13.0 Å². The molecule has 0 saturated heterocycles. The van der Waals surface area contributed by atoms with E-state index in [1.165, 1.54) is 17.3 Å². The lowest BCUT2D eigenvalue weighted by atomic mass is 10.1. The molecule has 90 valence electrons. The number of nitrogens with zero attached hydrogens (tertiary/aromatic N) is 2. The van der Waals surface area contributed by atoms with Crippen LogP contribution in [0.1, 0.15) is 11.1 Å². The number of methoxy groups -OCH3 is 1. The summed E-state index contributed by atoms with van der Waals surface area (Å²) >= 11 is 1.52. The van der Waals surface area contributed by atoms with Crippen LogP contribution in [0.4, 0.5) is 5.95 Å². The first-order valence-corrected chi connectivity index (χ1v) is 6.12. The molecule has 2 rings (SSSR count). The molecule has 1 heterocycles. The number of ether oxygens (including phenoxy) is 1. The minimum atomic E-state index is 0.337. The van der Waals surface area contributed by atoms with E-state index >= 15 is 0 Å². The number of nitrogens with one attached hydrogen (secondary N) is 1. The van der Waals surface area contributed by atoms with Gasteiger partial charge in [0.25, 0.3) is 0 Å². The third-order valence-corrected chi connectivity index (χ3v) is 3.17. The van der Waals surface area contributed by atoms with E-state index in [0.717, 1.165) is 17.1 Å². The number of hydrogen-bond donors (Lipinski definition) is 2. The van der Waals surface area contributed by atoms with Gasteiger partial charge in [0, 0.05) is 11.3 Å². The molecule has 5 nitrogen and oxygen atoms in total. The second-order valence-electron chi connectivity index (χ2n) is 3.61. The first kappa shape index (κ1) is 11.8. The summed E-state index contributed by atoms with van der Waals surface area (Å²) in [6, 6.07) is 6.09. The summed E-state index contributed by atoms with van der Waals surface area (Å²) < 4.78 is 5.31. The lowest BCUT2D eigenvalue weighted by molar-refractivity contribution is 0.411. The molecule has 0 saturated carbocycles. The summed E-state index contributed by atoms with van der Waals surface area (Å²) in [5.74, 6) is 1.97. The Hall–Kier alpha value is -1.69. The summed E-state index contributed by atoms with van der Waals surface area (Å²) in [6.45, 7) is 2.05. The molecule has 2 aromatic rings. The van der Waals surface area contributed by atoms with Crippen LogP contribution in [0.15, 0.2) is 23.4 Å². The standard InChI is InChI=1S/C11H14N4OS/c1-7-3-4-9(16-2)8(5-7)6-17-11-13-10(12)14-15-11/h3-5H,6H2,1-2H3,(H3,12,13,14,15). The van der Waals surface area contributed by atoms with Gasteiger partial charge >= 0.3 is 0 Å². The normalized spacial score (nSPS) is 10.5. The first-order valence-electron chi connectivity index (χ1n) is 5.13. The van der Waals surface area contributed by atoms with E-state index in [4.69, 9.17) is 10.5 Å². The van der Waals surface area contributed by atoms with Gasteiger partial charge in [-0.2, -0.15) is 4.98 Å². The highest BCUT2D eigenvalue weighted by molar-refractivity contribution is 7.98. The Bertz CT molecular complexity index is 512. The van der Waals surface area contributed by atoms with Crippen molar-refractivity contribution in [3.63, 3.8) is 0 Å². The molecule has 0 radical (unpaired) electrons. The maximum absolute atomic E-state index is 5.46. The molecule has 0 aliphatic rings. The number of hydrogen-bond acceptors (Lipinski definition) is 5. The van der Waals surface area contributed by atoms with Crippen LogP contribution in [-0.2, 0) is 5.75 Å². The molecule has 0 aliphatic carbocycles. The minimum absolute atomic E-state index is 0.337. The van der Waals surface area contributed by atoms with Gasteiger partial charge in [-0.3, -0.25) is 0 Å². The number of anilines is 1. The van der Waals surface area contributed by atoms with Crippen molar-refractivity contribution < 1.29 is 4.74 Å². The number of H-pyrrole nitrogens is 1. The van der Waals surface area contributed by atoms with Crippen molar-refractivity contribution in [3.8, 4) is 5.75 Å². The zero-order chi connectivity index (χ0) is 12.3. The Morgan fingerprint density at radius 3 is 2.94 bits per heavy atom. The largest absolute Gasteiger partial charge is 0.496 e. The quantitative estimate of drug-likeness (QED) is 0.811. The number of nitrogen functional groups attached to an aromatic ring is 1. The highest BCUT2D eigenvalue weighted by Crippen LogP contribution is 2.27. The topological polar surface area (TPSA) is 76.8 Å². The number of aryl methyl sites for hydroxylation is 1. The fraction of sp³-hybridized carbons (Fsp3) is 0.273. The highest BCUT2D eigenvalue weighted by Gasteiger charge is 2.06. The second kappa shape index (κ2) is 5.09. The van der Waals surface area contributed by atoms with E-state index in [0.29, 0.717) is 11.1 Å². The molecular weight excluding hydrogens is 236 g/mol. The number of aromatic amines is 1. The highest BCUT2D eigenvalue weighted by atomic mass is 32.2. The summed E-state index contributed by atoms with van der Waals surface area (Å²) in [5.41, 5.74) is 7.79. The molecule has 1 aromatic carbocycles. The van der Waals surface area contributed by atoms with E-state index in [1.807, 2.05) is 12.1 Å². The molecule has 0 atom stereocenters. The van der Waals surface area contributed by atoms with Gasteiger partial charge in [-0.1, -0.05) is 29.5 Å². The van der Waals surface area contributed by atoms with Crippen molar-refractivity contribution in [2.75, 3.05) is 12.8 Å². The van der Waals surface area contributed by atoms with Gasteiger partial charge in [0.2, 0.25) is 11.1 Å². The van der Waals surface area contributed by atoms with Crippen molar-refractivity contribution in [1.29, 1.82) is 0 Å². The second-order valence-corrected chi connectivity index (χ2v) is 4.55. The molecule has 0 aliphatic heterocycles. The minimum Gasteiger partial charge on any atom is -0.496 e. The van der Waals surface area contributed by atoms with Crippen LogP contribution in [-0.4, -0.2) is 22.3 Å². The fourth-order valence-electron chi connectivity index (χ4n) is 1.49. The van der Waals surface area contributed by atoms with E-state index in [9.17, 15) is 0 Å². The molecule has 17 heavy (non-hydrogen) atoms. The van der Waals surface area contributed by atoms with Crippen molar-refractivity contribution in [2.24, 2.45) is 0 Å². The van der Waals surface area contributed by atoms with Crippen LogP contribution in [0.3, 0.4) is 0 Å². The number of rotatable bonds is 4. The van der Waals surface area contributed by atoms with Crippen molar-refractivity contribution in [1.82, 2.24) is 15.2 Å². The number of benzene rings is 1. The van der Waals surface area contributed by atoms with Crippen LogP contribution in [0, 0.1) is 6.92 Å². The summed E-state index contributed by atoms with van der Waals surface area (Å²) in [7, 11) is 1.67. The van der Waals surface area contributed by atoms with Crippen LogP contribution in [0.25, 0.3) is 0 Å². The zero-order valence-corrected chi connectivity index (χ0v) is 10.5. The van der Waals surface area contributed by atoms with Gasteiger partial charge in [-0.25, -0.2) is 5.10 Å². The van der Waals surface area contributed by atoms with Gasteiger partial charge in [0.15, 0.2) is 0 Å². The van der Waals surface area contributed by atoms with Crippen molar-refractivity contribution in [3.05, 3.63) is 29.3 Å². The molecule has 3 N–H and O–H groups in total. The summed E-state index contributed by atoms with van der Waals surface area (Å²) in [5, 5.41) is 7.22. The summed E-state index contributed by atoms with van der Waals surface area (Å²) in [4.78, 5) is 4.04. The van der Waals surface area contributed by atoms with Crippen LogP contribution < -0.4 is 10.5 Å².